The molecule has 3 atom stereocenters. The van der Waals surface area contributed by atoms with Gasteiger partial charge in [-0.2, -0.15) is 0 Å². The molecule has 1 aliphatic carbocycles. The summed E-state index contributed by atoms with van der Waals surface area (Å²) in [4.78, 5) is 0. The molecule has 1 N–H and O–H groups in total. The highest BCUT2D eigenvalue weighted by molar-refractivity contribution is 7.92. The quantitative estimate of drug-likeness (QED) is 0.798. The van der Waals surface area contributed by atoms with E-state index in [1.165, 1.54) is 6.42 Å². The second-order valence-corrected chi connectivity index (χ2v) is 7.58. The fourth-order valence-electron chi connectivity index (χ4n) is 2.81. The van der Waals surface area contributed by atoms with Crippen LogP contribution in [0.3, 0.4) is 0 Å². The lowest BCUT2D eigenvalue weighted by Gasteiger charge is -2.35. The van der Waals surface area contributed by atoms with E-state index in [4.69, 9.17) is 0 Å². The van der Waals surface area contributed by atoms with Crippen LogP contribution in [0.25, 0.3) is 0 Å². The third-order valence-electron chi connectivity index (χ3n) is 4.09. The van der Waals surface area contributed by atoms with Crippen molar-refractivity contribution in [1.82, 2.24) is 5.32 Å². The predicted octanol–water partition coefficient (Wildman–Crippen LogP) is 2.37. The van der Waals surface area contributed by atoms with Gasteiger partial charge in [0, 0.05) is 6.04 Å². The maximum absolute atomic E-state index is 12.3. The first kappa shape index (κ1) is 15.0. The van der Waals surface area contributed by atoms with E-state index in [0.29, 0.717) is 11.7 Å². The third-order valence-corrected chi connectivity index (χ3v) is 6.39. The van der Waals surface area contributed by atoms with Crippen LogP contribution in [0.1, 0.15) is 52.4 Å². The molecule has 0 bridgehead atoms. The Hall–Kier alpha value is -0.0900. The average molecular weight is 261 g/mol. The van der Waals surface area contributed by atoms with E-state index in [9.17, 15) is 8.42 Å². The van der Waals surface area contributed by atoms with Gasteiger partial charge < -0.3 is 5.32 Å². The van der Waals surface area contributed by atoms with Gasteiger partial charge in [-0.1, -0.05) is 26.7 Å². The van der Waals surface area contributed by atoms with Crippen molar-refractivity contribution in [2.24, 2.45) is 5.92 Å². The second kappa shape index (κ2) is 6.74. The Morgan fingerprint density at radius 1 is 1.24 bits per heavy atom. The lowest BCUT2D eigenvalue weighted by molar-refractivity contribution is 0.296. The number of rotatable bonds is 6. The molecule has 1 rings (SSSR count). The van der Waals surface area contributed by atoms with E-state index in [0.717, 1.165) is 32.1 Å². The lowest BCUT2D eigenvalue weighted by atomic mass is 9.84. The molecule has 0 aliphatic heterocycles. The molecule has 4 heteroatoms. The predicted molar refractivity (Wildman–Crippen MR) is 73.0 cm³/mol. The summed E-state index contributed by atoms with van der Waals surface area (Å²) in [5, 5.41) is 3.05. The maximum Gasteiger partial charge on any atom is 0.154 e. The first-order chi connectivity index (χ1) is 8.05. The maximum atomic E-state index is 12.3. The van der Waals surface area contributed by atoms with Crippen molar-refractivity contribution in [3.05, 3.63) is 0 Å². The zero-order chi connectivity index (χ0) is 12.9. The molecule has 1 saturated carbocycles. The Balaban J connectivity index is 2.74. The van der Waals surface area contributed by atoms with Crippen LogP contribution in [0.15, 0.2) is 0 Å². The molecule has 0 radical (unpaired) electrons. The highest BCUT2D eigenvalue weighted by Gasteiger charge is 2.37. The first-order valence-electron chi connectivity index (χ1n) is 6.94. The van der Waals surface area contributed by atoms with Gasteiger partial charge in [-0.05, 0) is 38.6 Å². The van der Waals surface area contributed by atoms with Crippen molar-refractivity contribution in [3.63, 3.8) is 0 Å². The molecule has 0 aromatic heterocycles. The van der Waals surface area contributed by atoms with E-state index in [1.807, 2.05) is 14.0 Å². The fraction of sp³-hybridized carbons (Fsp3) is 1.00. The standard InChI is InChI=1S/C13H27NO2S/c1-4-6-9-17(15,16)13-10-11(5-2)7-8-12(13)14-3/h11-14H,4-10H2,1-3H3. The normalized spacial score (nSPS) is 30.4. The SMILES string of the molecule is CCCCS(=O)(=O)C1CC(CC)CCC1NC. The summed E-state index contributed by atoms with van der Waals surface area (Å²) in [7, 11) is -1.02. The van der Waals surface area contributed by atoms with Crippen LogP contribution in [-0.2, 0) is 9.84 Å². The number of nitrogens with one attached hydrogen (secondary N) is 1. The van der Waals surface area contributed by atoms with Gasteiger partial charge in [0.2, 0.25) is 0 Å². The van der Waals surface area contributed by atoms with Gasteiger partial charge >= 0.3 is 0 Å². The summed E-state index contributed by atoms with van der Waals surface area (Å²) in [6, 6.07) is 0.166. The lowest BCUT2D eigenvalue weighted by Crippen LogP contribution is -2.47. The summed E-state index contributed by atoms with van der Waals surface area (Å²) in [6.07, 6.45) is 5.89. The minimum absolute atomic E-state index is 0.155. The van der Waals surface area contributed by atoms with E-state index in [1.54, 1.807) is 0 Å². The molecule has 0 saturated heterocycles. The molecule has 1 fully saturated rings. The molecule has 0 amide bonds. The van der Waals surface area contributed by atoms with Gasteiger partial charge in [-0.25, -0.2) is 8.42 Å². The van der Waals surface area contributed by atoms with Crippen molar-refractivity contribution in [2.75, 3.05) is 12.8 Å². The highest BCUT2D eigenvalue weighted by atomic mass is 32.2. The third kappa shape index (κ3) is 3.95. The number of unbranched alkanes of at least 4 members (excludes halogenated alkanes) is 1. The largest absolute Gasteiger partial charge is 0.316 e. The molecule has 102 valence electrons. The molecule has 1 aliphatic rings. The van der Waals surface area contributed by atoms with Crippen LogP contribution in [0, 0.1) is 5.92 Å². The summed E-state index contributed by atoms with van der Waals surface area (Å²) in [6.45, 7) is 4.21. The van der Waals surface area contributed by atoms with Crippen LogP contribution in [0.2, 0.25) is 0 Å². The summed E-state index contributed by atoms with van der Waals surface area (Å²) >= 11 is 0. The van der Waals surface area contributed by atoms with Gasteiger partial charge in [-0.3, -0.25) is 0 Å². The Morgan fingerprint density at radius 3 is 2.47 bits per heavy atom. The minimum atomic E-state index is -2.91. The zero-order valence-corrected chi connectivity index (χ0v) is 12.2. The van der Waals surface area contributed by atoms with Gasteiger partial charge in [0.25, 0.3) is 0 Å². The van der Waals surface area contributed by atoms with E-state index >= 15 is 0 Å². The second-order valence-electron chi connectivity index (χ2n) is 5.24. The Bertz CT molecular complexity index is 313. The minimum Gasteiger partial charge on any atom is -0.316 e. The monoisotopic (exact) mass is 261 g/mol. The number of sulfone groups is 1. The highest BCUT2D eigenvalue weighted by Crippen LogP contribution is 2.31. The van der Waals surface area contributed by atoms with Crippen LogP contribution in [-0.4, -0.2) is 32.5 Å². The van der Waals surface area contributed by atoms with Gasteiger partial charge in [0.1, 0.15) is 0 Å². The van der Waals surface area contributed by atoms with E-state index in [-0.39, 0.29) is 11.3 Å². The summed E-state index contributed by atoms with van der Waals surface area (Å²) < 4.78 is 24.7. The molecule has 17 heavy (non-hydrogen) atoms. The Labute approximate surface area is 106 Å². The summed E-state index contributed by atoms with van der Waals surface area (Å²) in [5.41, 5.74) is 0. The molecular weight excluding hydrogens is 234 g/mol. The average Bonchev–Trinajstić information content (AvgIpc) is 2.35. The van der Waals surface area contributed by atoms with Crippen molar-refractivity contribution in [1.29, 1.82) is 0 Å². The van der Waals surface area contributed by atoms with E-state index in [2.05, 4.69) is 12.2 Å². The first-order valence-corrected chi connectivity index (χ1v) is 8.65. The van der Waals surface area contributed by atoms with Crippen molar-refractivity contribution in [2.45, 2.75) is 63.7 Å². The van der Waals surface area contributed by atoms with Crippen LogP contribution in [0.5, 0.6) is 0 Å². The van der Waals surface area contributed by atoms with Crippen LogP contribution >= 0.6 is 0 Å². The molecule has 3 unspecified atom stereocenters. The van der Waals surface area contributed by atoms with Crippen LogP contribution in [0.4, 0.5) is 0 Å². The number of hydrogen-bond acceptors (Lipinski definition) is 3. The molecule has 0 aromatic rings. The molecule has 0 aromatic carbocycles. The Kier molecular flexibility index (Phi) is 5.93. The smallest absolute Gasteiger partial charge is 0.154 e. The van der Waals surface area contributed by atoms with Crippen molar-refractivity contribution in [3.8, 4) is 0 Å². The van der Waals surface area contributed by atoms with Crippen LogP contribution < -0.4 is 5.32 Å². The molecule has 3 nitrogen and oxygen atoms in total. The fourth-order valence-corrected chi connectivity index (χ4v) is 5.14. The zero-order valence-electron chi connectivity index (χ0n) is 11.4. The van der Waals surface area contributed by atoms with Gasteiger partial charge in [0.15, 0.2) is 9.84 Å². The van der Waals surface area contributed by atoms with E-state index < -0.39 is 9.84 Å². The summed E-state index contributed by atoms with van der Waals surface area (Å²) in [5.74, 6) is 0.962. The van der Waals surface area contributed by atoms with Crippen molar-refractivity contribution >= 4 is 9.84 Å². The molecule has 0 heterocycles. The Morgan fingerprint density at radius 2 is 1.94 bits per heavy atom. The topological polar surface area (TPSA) is 46.2 Å². The van der Waals surface area contributed by atoms with Gasteiger partial charge in [0.05, 0.1) is 11.0 Å². The molecule has 0 spiro atoms. The van der Waals surface area contributed by atoms with Crippen molar-refractivity contribution < 1.29 is 8.42 Å². The molecular formula is C13H27NO2S. The van der Waals surface area contributed by atoms with Gasteiger partial charge in [-0.15, -0.1) is 0 Å². The number of hydrogen-bond donors (Lipinski definition) is 1.